The number of hydrogen-bond donors (Lipinski definition) is 4. The molecule has 0 aliphatic carbocycles. The summed E-state index contributed by atoms with van der Waals surface area (Å²) in [6.07, 6.45) is 5.30. The number of H-pyrrole nitrogens is 1. The molecule has 0 saturated carbocycles. The summed E-state index contributed by atoms with van der Waals surface area (Å²) >= 11 is 0. The van der Waals surface area contributed by atoms with E-state index in [4.69, 9.17) is 4.42 Å². The van der Waals surface area contributed by atoms with Crippen LogP contribution in [-0.2, 0) is 6.42 Å². The first-order valence-electron chi connectivity index (χ1n) is 9.92. The molecule has 0 atom stereocenters. The summed E-state index contributed by atoms with van der Waals surface area (Å²) < 4.78 is 5.19. The average molecular weight is 523 g/mol. The molecule has 0 aliphatic rings. The van der Waals surface area contributed by atoms with Gasteiger partial charge >= 0.3 is 0 Å². The Labute approximate surface area is 194 Å². The van der Waals surface area contributed by atoms with Gasteiger partial charge in [0.15, 0.2) is 11.7 Å². The van der Waals surface area contributed by atoms with Crippen LogP contribution in [0.3, 0.4) is 0 Å². The van der Waals surface area contributed by atoms with E-state index in [1.807, 2.05) is 6.92 Å². The Morgan fingerprint density at radius 1 is 1.07 bits per heavy atom. The minimum absolute atomic E-state index is 0. The number of nitrogens with one attached hydrogen (secondary N) is 4. The van der Waals surface area contributed by atoms with Gasteiger partial charge < -0.3 is 25.4 Å². The molecule has 162 valence electrons. The van der Waals surface area contributed by atoms with Crippen LogP contribution >= 0.6 is 24.0 Å². The predicted octanol–water partition coefficient (Wildman–Crippen LogP) is 3.52. The van der Waals surface area contributed by atoms with E-state index in [1.165, 1.54) is 28.3 Å². The van der Waals surface area contributed by atoms with Crippen LogP contribution in [0.25, 0.3) is 10.9 Å². The molecule has 2 aromatic heterocycles. The van der Waals surface area contributed by atoms with Gasteiger partial charge in [0, 0.05) is 49.3 Å². The van der Waals surface area contributed by atoms with Crippen LogP contribution in [0.15, 0.2) is 46.1 Å². The van der Waals surface area contributed by atoms with E-state index in [-0.39, 0.29) is 29.9 Å². The highest BCUT2D eigenvalue weighted by Gasteiger charge is 2.11. The van der Waals surface area contributed by atoms with Crippen LogP contribution in [0.5, 0.6) is 0 Å². The lowest BCUT2D eigenvalue weighted by Gasteiger charge is -2.12. The second-order valence-electron chi connectivity index (χ2n) is 7.03. The average Bonchev–Trinajstić information content (AvgIpc) is 3.33. The normalized spacial score (nSPS) is 11.2. The fourth-order valence-electron chi connectivity index (χ4n) is 3.37. The van der Waals surface area contributed by atoms with E-state index in [0.717, 1.165) is 30.9 Å². The fraction of sp³-hybridized carbons (Fsp3) is 0.364. The maximum atomic E-state index is 12.0. The minimum atomic E-state index is -0.177. The third-order valence-electron chi connectivity index (χ3n) is 4.91. The Balaban J connectivity index is 0.00000320. The molecule has 1 aromatic carbocycles. The van der Waals surface area contributed by atoms with Gasteiger partial charge in [0.05, 0.1) is 6.26 Å². The van der Waals surface area contributed by atoms with Crippen LogP contribution in [0.1, 0.15) is 33.7 Å². The highest BCUT2D eigenvalue weighted by molar-refractivity contribution is 14.0. The number of aromatic nitrogens is 1. The number of carbonyl (C=O) groups excluding carboxylic acids is 1. The maximum Gasteiger partial charge on any atom is 0.287 e. The van der Waals surface area contributed by atoms with Crippen LogP contribution in [0, 0.1) is 13.8 Å². The van der Waals surface area contributed by atoms with Gasteiger partial charge in [-0.05, 0) is 49.9 Å². The van der Waals surface area contributed by atoms with Gasteiger partial charge in [0.2, 0.25) is 0 Å². The summed E-state index contributed by atoms with van der Waals surface area (Å²) in [5, 5.41) is 10.8. The number of aliphatic imine (C=N–C) groups is 1. The van der Waals surface area contributed by atoms with Gasteiger partial charge in [-0.2, -0.15) is 0 Å². The molecule has 8 heteroatoms. The molecule has 0 spiro atoms. The van der Waals surface area contributed by atoms with Crippen molar-refractivity contribution >= 4 is 46.7 Å². The molecule has 7 nitrogen and oxygen atoms in total. The molecule has 0 bridgehead atoms. The highest BCUT2D eigenvalue weighted by Crippen LogP contribution is 2.22. The number of rotatable bonds is 8. The van der Waals surface area contributed by atoms with Crippen molar-refractivity contribution in [2.75, 3.05) is 26.7 Å². The van der Waals surface area contributed by atoms with Crippen molar-refractivity contribution in [2.24, 2.45) is 4.99 Å². The van der Waals surface area contributed by atoms with E-state index in [2.05, 4.69) is 57.2 Å². The van der Waals surface area contributed by atoms with Crippen molar-refractivity contribution in [2.45, 2.75) is 26.7 Å². The molecule has 0 aliphatic heterocycles. The highest BCUT2D eigenvalue weighted by atomic mass is 127. The number of carbonyl (C=O) groups is 1. The number of furan rings is 1. The lowest BCUT2D eigenvalue weighted by molar-refractivity contribution is 0.0925. The number of benzene rings is 1. The Bertz CT molecular complexity index is 992. The molecule has 3 rings (SSSR count). The number of aryl methyl sites for hydroxylation is 2. The monoisotopic (exact) mass is 523 g/mol. The molecule has 4 N–H and O–H groups in total. The quantitative estimate of drug-likeness (QED) is 0.157. The van der Waals surface area contributed by atoms with E-state index < -0.39 is 0 Å². The van der Waals surface area contributed by atoms with Crippen molar-refractivity contribution in [3.05, 3.63) is 59.2 Å². The molecular formula is C22H30IN5O2. The number of halogens is 1. The summed E-state index contributed by atoms with van der Waals surface area (Å²) in [4.78, 5) is 19.6. The van der Waals surface area contributed by atoms with Crippen LogP contribution in [0.4, 0.5) is 0 Å². The molecule has 0 radical (unpaired) electrons. The molecule has 1 amide bonds. The topological polar surface area (TPSA) is 94.4 Å². The summed E-state index contributed by atoms with van der Waals surface area (Å²) in [5.41, 5.74) is 4.61. The summed E-state index contributed by atoms with van der Waals surface area (Å²) in [5.74, 6) is 0.960. The Morgan fingerprint density at radius 3 is 2.57 bits per heavy atom. The Hall–Kier alpha value is -2.49. The minimum Gasteiger partial charge on any atom is -0.459 e. The molecular weight excluding hydrogens is 493 g/mol. The predicted molar refractivity (Wildman–Crippen MR) is 132 cm³/mol. The standard InChI is InChI=1S/C22H29N5O2.HI/c1-15-6-4-7-18-19(15)17(14-27-18)8-12-26-22(23-3)25-11-5-10-24-21(28)20-16(2)9-13-29-20;/h4,6-7,9,13-14,27H,5,8,10-12H2,1-3H3,(H,24,28)(H2,23,25,26);1H. The van der Waals surface area contributed by atoms with E-state index in [0.29, 0.717) is 18.8 Å². The molecule has 3 aromatic rings. The summed E-state index contributed by atoms with van der Waals surface area (Å²) in [7, 11) is 1.76. The first-order chi connectivity index (χ1) is 14.1. The van der Waals surface area contributed by atoms with Crippen LogP contribution < -0.4 is 16.0 Å². The van der Waals surface area contributed by atoms with Crippen LogP contribution in [0.2, 0.25) is 0 Å². The van der Waals surface area contributed by atoms with E-state index >= 15 is 0 Å². The zero-order chi connectivity index (χ0) is 20.6. The SMILES string of the molecule is CN=C(NCCCNC(=O)c1occc1C)NCCc1c[nH]c2cccc(C)c12.I. The number of aromatic amines is 1. The molecule has 0 saturated heterocycles. The fourth-order valence-corrected chi connectivity index (χ4v) is 3.37. The largest absolute Gasteiger partial charge is 0.459 e. The van der Waals surface area contributed by atoms with Gasteiger partial charge in [-0.25, -0.2) is 0 Å². The Kier molecular flexibility index (Phi) is 9.22. The summed E-state index contributed by atoms with van der Waals surface area (Å²) in [6, 6.07) is 8.09. The number of nitrogens with zero attached hydrogens (tertiary/aromatic N) is 1. The molecule has 30 heavy (non-hydrogen) atoms. The summed E-state index contributed by atoms with van der Waals surface area (Å²) in [6.45, 7) is 6.06. The molecule has 0 unspecified atom stereocenters. The van der Waals surface area contributed by atoms with Crippen molar-refractivity contribution in [1.82, 2.24) is 20.9 Å². The van der Waals surface area contributed by atoms with Crippen molar-refractivity contribution in [3.8, 4) is 0 Å². The first-order valence-corrected chi connectivity index (χ1v) is 9.92. The van der Waals surface area contributed by atoms with Gasteiger partial charge in [0.1, 0.15) is 0 Å². The van der Waals surface area contributed by atoms with Gasteiger partial charge in [-0.15, -0.1) is 24.0 Å². The van der Waals surface area contributed by atoms with Gasteiger partial charge in [0.25, 0.3) is 5.91 Å². The molecule has 0 fully saturated rings. The van der Waals surface area contributed by atoms with Crippen molar-refractivity contribution in [1.29, 1.82) is 0 Å². The van der Waals surface area contributed by atoms with Crippen molar-refractivity contribution in [3.63, 3.8) is 0 Å². The number of amides is 1. The second-order valence-corrected chi connectivity index (χ2v) is 7.03. The third-order valence-corrected chi connectivity index (χ3v) is 4.91. The van der Waals surface area contributed by atoms with Gasteiger partial charge in [-0.3, -0.25) is 9.79 Å². The van der Waals surface area contributed by atoms with E-state index in [1.54, 1.807) is 13.1 Å². The third kappa shape index (κ3) is 6.01. The maximum absolute atomic E-state index is 12.0. The lowest BCUT2D eigenvalue weighted by atomic mass is 10.1. The zero-order valence-electron chi connectivity index (χ0n) is 17.7. The van der Waals surface area contributed by atoms with E-state index in [9.17, 15) is 4.79 Å². The van der Waals surface area contributed by atoms with Crippen LogP contribution in [-0.4, -0.2) is 43.5 Å². The van der Waals surface area contributed by atoms with Gasteiger partial charge in [-0.1, -0.05) is 12.1 Å². The van der Waals surface area contributed by atoms with Crippen molar-refractivity contribution < 1.29 is 9.21 Å². The Morgan fingerprint density at radius 2 is 1.83 bits per heavy atom. The zero-order valence-corrected chi connectivity index (χ0v) is 20.0. The first kappa shape index (κ1) is 23.8. The number of fused-ring (bicyclic) bond motifs is 1. The number of hydrogen-bond acceptors (Lipinski definition) is 3. The smallest absolute Gasteiger partial charge is 0.287 e. The lowest BCUT2D eigenvalue weighted by Crippen LogP contribution is -2.39. The number of guanidine groups is 1. The molecule has 2 heterocycles. The second kappa shape index (κ2) is 11.6.